The highest BCUT2D eigenvalue weighted by Gasteiger charge is 2.29. The monoisotopic (exact) mass is 434 g/mol. The Hall–Kier alpha value is -3.21. The third kappa shape index (κ3) is 5.44. The van der Waals surface area contributed by atoms with Crippen LogP contribution in [-0.2, 0) is 17.3 Å². The van der Waals surface area contributed by atoms with Crippen LogP contribution in [0.2, 0.25) is 0 Å². The van der Waals surface area contributed by atoms with Crippen LogP contribution in [0.3, 0.4) is 0 Å². The van der Waals surface area contributed by atoms with Crippen LogP contribution < -0.4 is 15.4 Å². The number of hydrogen-bond donors (Lipinski definition) is 2. The Morgan fingerprint density at radius 2 is 2.00 bits per heavy atom. The minimum absolute atomic E-state index is 0.164. The molecule has 3 heterocycles. The molecule has 1 amide bonds. The highest BCUT2D eigenvalue weighted by atomic mass is 32.1. The summed E-state index contributed by atoms with van der Waals surface area (Å²) in [6.07, 6.45) is 1.44. The quantitative estimate of drug-likeness (QED) is 0.570. The van der Waals surface area contributed by atoms with Crippen LogP contribution >= 0.6 is 11.5 Å². The smallest absolute Gasteiger partial charge is 0.303 e. The molecule has 2 N–H and O–H groups in total. The maximum Gasteiger partial charge on any atom is 0.303 e. The van der Waals surface area contributed by atoms with Gasteiger partial charge in [-0.2, -0.15) is 13.2 Å². The Labute approximate surface area is 175 Å². The first kappa shape index (κ1) is 21.5. The lowest BCUT2D eigenvalue weighted by Gasteiger charge is -2.16. The van der Waals surface area contributed by atoms with Gasteiger partial charge in [-0.3, -0.25) is 4.79 Å². The number of aromatic nitrogens is 4. The number of pyridine rings is 1. The van der Waals surface area contributed by atoms with Crippen molar-refractivity contribution < 1.29 is 18.3 Å². The minimum Gasteiger partial charge on any atom is -0.485 e. The van der Waals surface area contributed by atoms with Crippen LogP contribution in [0.1, 0.15) is 36.6 Å². The number of ether oxygens (including phenoxy) is 1. The summed E-state index contributed by atoms with van der Waals surface area (Å²) in [6, 6.07) is 3.07. The van der Waals surface area contributed by atoms with E-state index < -0.39 is 11.7 Å². The Morgan fingerprint density at radius 1 is 1.23 bits per heavy atom. The van der Waals surface area contributed by atoms with Gasteiger partial charge in [0.05, 0.1) is 17.6 Å². The second-order valence-corrected chi connectivity index (χ2v) is 7.32. The van der Waals surface area contributed by atoms with Gasteiger partial charge >= 0.3 is 5.92 Å². The van der Waals surface area contributed by atoms with E-state index in [0.717, 1.165) is 18.2 Å². The van der Waals surface area contributed by atoms with E-state index in [2.05, 4.69) is 30.0 Å². The van der Waals surface area contributed by atoms with Gasteiger partial charge in [0.25, 0.3) is 0 Å². The number of halogens is 2. The number of carbonyl (C=O) groups is 1. The van der Waals surface area contributed by atoms with Gasteiger partial charge in [0.1, 0.15) is 18.2 Å². The van der Waals surface area contributed by atoms with Crippen LogP contribution in [-0.4, -0.2) is 25.2 Å². The van der Waals surface area contributed by atoms with Crippen molar-refractivity contribution in [3.63, 3.8) is 0 Å². The van der Waals surface area contributed by atoms with E-state index >= 15 is 0 Å². The molecule has 0 radical (unpaired) electrons. The number of aryl methyl sites for hydroxylation is 2. The molecule has 0 bridgehead atoms. The average Bonchev–Trinajstić information content (AvgIpc) is 3.04. The van der Waals surface area contributed by atoms with Gasteiger partial charge in [0.15, 0.2) is 5.75 Å². The SMILES string of the molecule is CC(=O)Nc1cc(Nc2cc(C)nc(C(C)(F)F)n2)c(OCc2csnc2C)cn1. The number of amides is 1. The summed E-state index contributed by atoms with van der Waals surface area (Å²) in [4.78, 5) is 23.2. The van der Waals surface area contributed by atoms with Crippen molar-refractivity contribution in [3.05, 3.63) is 46.5 Å². The van der Waals surface area contributed by atoms with Crippen molar-refractivity contribution in [2.75, 3.05) is 10.6 Å². The Balaban J connectivity index is 1.93. The molecular formula is C19H20F2N6O2S. The molecule has 8 nitrogen and oxygen atoms in total. The van der Waals surface area contributed by atoms with Gasteiger partial charge in [-0.15, -0.1) is 0 Å². The second-order valence-electron chi connectivity index (χ2n) is 6.69. The molecule has 30 heavy (non-hydrogen) atoms. The number of nitrogens with zero attached hydrogens (tertiary/aromatic N) is 4. The fourth-order valence-electron chi connectivity index (χ4n) is 2.48. The molecule has 0 aliphatic heterocycles. The van der Waals surface area contributed by atoms with Crippen LogP contribution in [0.5, 0.6) is 5.75 Å². The maximum absolute atomic E-state index is 13.7. The maximum atomic E-state index is 13.7. The van der Waals surface area contributed by atoms with Gasteiger partial charge < -0.3 is 15.4 Å². The normalized spacial score (nSPS) is 11.3. The molecule has 158 valence electrons. The first-order chi connectivity index (χ1) is 14.1. The number of carbonyl (C=O) groups excluding carboxylic acids is 1. The van der Waals surface area contributed by atoms with E-state index in [-0.39, 0.29) is 24.1 Å². The zero-order valence-corrected chi connectivity index (χ0v) is 17.6. The topological polar surface area (TPSA) is 102 Å². The van der Waals surface area contributed by atoms with Gasteiger partial charge in [0, 0.05) is 42.6 Å². The van der Waals surface area contributed by atoms with Crippen molar-refractivity contribution in [2.45, 2.75) is 40.2 Å². The number of anilines is 3. The van der Waals surface area contributed by atoms with Crippen molar-refractivity contribution >= 4 is 34.8 Å². The highest BCUT2D eigenvalue weighted by molar-refractivity contribution is 7.03. The van der Waals surface area contributed by atoms with Gasteiger partial charge in [-0.25, -0.2) is 15.0 Å². The number of alkyl halides is 2. The van der Waals surface area contributed by atoms with Crippen LogP contribution in [0.4, 0.5) is 26.1 Å². The molecule has 3 rings (SSSR count). The predicted molar refractivity (Wildman–Crippen MR) is 109 cm³/mol. The summed E-state index contributed by atoms with van der Waals surface area (Å²) in [5.41, 5.74) is 2.56. The van der Waals surface area contributed by atoms with E-state index in [9.17, 15) is 13.6 Å². The summed E-state index contributed by atoms with van der Waals surface area (Å²) in [5.74, 6) is -3.28. The Bertz CT molecular complexity index is 1070. The fraction of sp³-hybridized carbons (Fsp3) is 0.316. The molecule has 3 aromatic rings. The van der Waals surface area contributed by atoms with Gasteiger partial charge in [-0.05, 0) is 25.4 Å². The van der Waals surface area contributed by atoms with Crippen LogP contribution in [0.15, 0.2) is 23.7 Å². The molecule has 0 saturated carbocycles. The molecule has 11 heteroatoms. The standard InChI is InChI=1S/C19H20F2N6O2S/c1-10-5-17(26-18(23-10)19(4,20)21)25-14-6-16(24-12(3)28)22-7-15(14)29-8-13-9-30-27-11(13)2/h5-7,9H,8H2,1-4H3,(H2,22,23,24,25,26,28). The van der Waals surface area contributed by atoms with Crippen molar-refractivity contribution in [2.24, 2.45) is 0 Å². The Morgan fingerprint density at radius 3 is 2.63 bits per heavy atom. The average molecular weight is 434 g/mol. The number of hydrogen-bond acceptors (Lipinski definition) is 8. The summed E-state index contributed by atoms with van der Waals surface area (Å²) in [5, 5.41) is 7.43. The third-order valence-electron chi connectivity index (χ3n) is 3.91. The van der Waals surface area contributed by atoms with E-state index in [0.29, 0.717) is 17.1 Å². The van der Waals surface area contributed by atoms with E-state index in [4.69, 9.17) is 4.74 Å². The van der Waals surface area contributed by atoms with Crippen molar-refractivity contribution in [1.82, 2.24) is 19.3 Å². The molecular weight excluding hydrogens is 414 g/mol. The largest absolute Gasteiger partial charge is 0.485 e. The second kappa shape index (κ2) is 8.66. The summed E-state index contributed by atoms with van der Waals surface area (Å²) in [7, 11) is 0. The molecule has 0 fully saturated rings. The molecule has 0 aliphatic rings. The molecule has 0 saturated heterocycles. The van der Waals surface area contributed by atoms with Crippen molar-refractivity contribution in [1.29, 1.82) is 0 Å². The van der Waals surface area contributed by atoms with Crippen molar-refractivity contribution in [3.8, 4) is 5.75 Å². The Kier molecular flexibility index (Phi) is 6.20. The molecule has 0 aromatic carbocycles. The van der Waals surface area contributed by atoms with E-state index in [1.54, 1.807) is 6.92 Å². The lowest BCUT2D eigenvalue weighted by Crippen LogP contribution is -2.14. The molecule has 0 aliphatic carbocycles. The van der Waals surface area contributed by atoms with Gasteiger partial charge in [-0.1, -0.05) is 0 Å². The zero-order chi connectivity index (χ0) is 21.9. The first-order valence-electron chi connectivity index (χ1n) is 8.93. The third-order valence-corrected chi connectivity index (χ3v) is 4.68. The summed E-state index contributed by atoms with van der Waals surface area (Å²) < 4.78 is 37.5. The number of nitrogens with one attached hydrogen (secondary N) is 2. The molecule has 0 spiro atoms. The molecule has 3 aromatic heterocycles. The molecule has 0 unspecified atom stereocenters. The zero-order valence-electron chi connectivity index (χ0n) is 16.8. The fourth-order valence-corrected chi connectivity index (χ4v) is 3.17. The molecule has 0 atom stereocenters. The van der Waals surface area contributed by atoms with E-state index in [1.165, 1.54) is 36.8 Å². The van der Waals surface area contributed by atoms with Crippen LogP contribution in [0, 0.1) is 13.8 Å². The lowest BCUT2D eigenvalue weighted by molar-refractivity contribution is -0.114. The van der Waals surface area contributed by atoms with Gasteiger partial charge in [0.2, 0.25) is 11.7 Å². The number of rotatable bonds is 7. The minimum atomic E-state index is -3.19. The van der Waals surface area contributed by atoms with Crippen LogP contribution in [0.25, 0.3) is 0 Å². The van der Waals surface area contributed by atoms with E-state index in [1.807, 2.05) is 12.3 Å². The summed E-state index contributed by atoms with van der Waals surface area (Å²) in [6.45, 7) is 5.82. The summed E-state index contributed by atoms with van der Waals surface area (Å²) >= 11 is 1.33. The predicted octanol–water partition coefficient (Wildman–Crippen LogP) is 4.34. The highest BCUT2D eigenvalue weighted by Crippen LogP contribution is 2.31. The first-order valence-corrected chi connectivity index (χ1v) is 9.77. The lowest BCUT2D eigenvalue weighted by atomic mass is 10.3.